The summed E-state index contributed by atoms with van der Waals surface area (Å²) in [6.07, 6.45) is 4.00. The maximum Gasteiger partial charge on any atom is 0.355 e. The minimum absolute atomic E-state index is 0.0491. The number of nitrogens with zero attached hydrogens (tertiary/aromatic N) is 2. The Bertz CT molecular complexity index is 636. The van der Waals surface area contributed by atoms with Crippen molar-refractivity contribution in [1.29, 1.82) is 0 Å². The van der Waals surface area contributed by atoms with E-state index >= 15 is 0 Å². The van der Waals surface area contributed by atoms with E-state index in [1.165, 1.54) is 28.1 Å². The molecule has 0 aliphatic heterocycles. The highest BCUT2D eigenvalue weighted by atomic mass is 32.1. The van der Waals surface area contributed by atoms with Crippen LogP contribution in [0.5, 0.6) is 0 Å². The zero-order valence-corrected chi connectivity index (χ0v) is 13.1. The Morgan fingerprint density at radius 2 is 2.14 bits per heavy atom. The van der Waals surface area contributed by atoms with Crippen LogP contribution in [-0.2, 0) is 12.8 Å². The standard InChI is InChI=1S/C13H15N3O3S2/c1-2-3-10-15-6-9(21-10)12(17)14-5-4-11-16-8(7-20-11)13(18)19/h6-7H,2-5H2,1H3,(H,14,17)(H,18,19). The molecule has 112 valence electrons. The summed E-state index contributed by atoms with van der Waals surface area (Å²) >= 11 is 2.69. The van der Waals surface area contributed by atoms with Gasteiger partial charge in [0.1, 0.15) is 4.88 Å². The summed E-state index contributed by atoms with van der Waals surface area (Å²) < 4.78 is 0. The van der Waals surface area contributed by atoms with E-state index in [0.717, 1.165) is 17.8 Å². The lowest BCUT2D eigenvalue weighted by Crippen LogP contribution is -2.24. The summed E-state index contributed by atoms with van der Waals surface area (Å²) in [4.78, 5) is 31.4. The third-order valence-electron chi connectivity index (χ3n) is 2.64. The Morgan fingerprint density at radius 3 is 2.81 bits per heavy atom. The van der Waals surface area contributed by atoms with Gasteiger partial charge in [0, 0.05) is 18.3 Å². The zero-order chi connectivity index (χ0) is 15.2. The molecule has 0 unspecified atom stereocenters. The van der Waals surface area contributed by atoms with Crippen molar-refractivity contribution in [3.05, 3.63) is 32.2 Å². The van der Waals surface area contributed by atoms with Crippen LogP contribution in [0.3, 0.4) is 0 Å². The van der Waals surface area contributed by atoms with Crippen LogP contribution in [0.1, 0.15) is 43.5 Å². The average Bonchev–Trinajstić information content (AvgIpc) is 3.08. The molecule has 0 spiro atoms. The number of carbonyl (C=O) groups excluding carboxylic acids is 1. The van der Waals surface area contributed by atoms with Crippen LogP contribution in [0.25, 0.3) is 0 Å². The number of carboxylic acids is 1. The Hall–Kier alpha value is -1.80. The Morgan fingerprint density at radius 1 is 1.33 bits per heavy atom. The van der Waals surface area contributed by atoms with Crippen LogP contribution in [0.2, 0.25) is 0 Å². The number of aromatic carboxylic acids is 1. The first-order chi connectivity index (χ1) is 10.1. The smallest absolute Gasteiger partial charge is 0.355 e. The molecule has 0 radical (unpaired) electrons. The van der Waals surface area contributed by atoms with Gasteiger partial charge in [-0.25, -0.2) is 14.8 Å². The van der Waals surface area contributed by atoms with Crippen LogP contribution in [0.4, 0.5) is 0 Å². The van der Waals surface area contributed by atoms with E-state index in [2.05, 4.69) is 22.2 Å². The molecule has 2 aromatic heterocycles. The first-order valence-corrected chi connectivity index (χ1v) is 8.20. The van der Waals surface area contributed by atoms with E-state index in [1.807, 2.05) is 0 Å². The summed E-state index contributed by atoms with van der Waals surface area (Å²) in [5.74, 6) is -1.18. The van der Waals surface area contributed by atoms with Gasteiger partial charge in [-0.1, -0.05) is 6.92 Å². The molecule has 0 fully saturated rings. The summed E-state index contributed by atoms with van der Waals surface area (Å²) in [6.45, 7) is 2.49. The highest BCUT2D eigenvalue weighted by Crippen LogP contribution is 2.14. The molecule has 8 heteroatoms. The second-order valence-corrected chi connectivity index (χ2v) is 6.36. The maximum atomic E-state index is 11.9. The van der Waals surface area contributed by atoms with Gasteiger partial charge in [-0.3, -0.25) is 4.79 Å². The fourth-order valence-corrected chi connectivity index (χ4v) is 3.35. The Kier molecular flexibility index (Phi) is 5.40. The van der Waals surface area contributed by atoms with Crippen LogP contribution in [0.15, 0.2) is 11.6 Å². The quantitative estimate of drug-likeness (QED) is 0.814. The van der Waals surface area contributed by atoms with E-state index in [0.29, 0.717) is 22.9 Å². The van der Waals surface area contributed by atoms with Gasteiger partial charge < -0.3 is 10.4 Å². The van der Waals surface area contributed by atoms with Crippen LogP contribution in [0, 0.1) is 0 Å². The zero-order valence-electron chi connectivity index (χ0n) is 11.5. The molecule has 2 rings (SSSR count). The van der Waals surface area contributed by atoms with Crippen LogP contribution < -0.4 is 5.32 Å². The minimum Gasteiger partial charge on any atom is -0.476 e. The fourth-order valence-electron chi connectivity index (χ4n) is 1.64. The fraction of sp³-hybridized carbons (Fsp3) is 0.385. The molecule has 0 atom stereocenters. The lowest BCUT2D eigenvalue weighted by atomic mass is 10.4. The number of aromatic nitrogens is 2. The van der Waals surface area contributed by atoms with Crippen LogP contribution >= 0.6 is 22.7 Å². The third kappa shape index (κ3) is 4.33. The number of carboxylic acid groups (broad SMARTS) is 1. The van der Waals surface area contributed by atoms with E-state index in [4.69, 9.17) is 5.11 Å². The van der Waals surface area contributed by atoms with E-state index in [1.54, 1.807) is 6.20 Å². The predicted octanol–water partition coefficient (Wildman–Crippen LogP) is 2.22. The van der Waals surface area contributed by atoms with Gasteiger partial charge in [0.05, 0.1) is 16.2 Å². The lowest BCUT2D eigenvalue weighted by molar-refractivity contribution is 0.0690. The molecular formula is C13H15N3O3S2. The highest BCUT2D eigenvalue weighted by Gasteiger charge is 2.11. The third-order valence-corrected chi connectivity index (χ3v) is 4.60. The number of amides is 1. The molecule has 6 nitrogen and oxygen atoms in total. The number of rotatable bonds is 7. The van der Waals surface area contributed by atoms with Gasteiger partial charge in [-0.15, -0.1) is 22.7 Å². The number of aryl methyl sites for hydroxylation is 1. The first kappa shape index (κ1) is 15.6. The molecule has 0 aromatic carbocycles. The van der Waals surface area contributed by atoms with Crippen molar-refractivity contribution in [1.82, 2.24) is 15.3 Å². The summed E-state index contributed by atoms with van der Waals surface area (Å²) in [5, 5.41) is 14.7. The van der Waals surface area contributed by atoms with Crippen molar-refractivity contribution < 1.29 is 14.7 Å². The Balaban J connectivity index is 1.81. The number of nitrogens with one attached hydrogen (secondary N) is 1. The summed E-state index contributed by atoms with van der Waals surface area (Å²) in [6, 6.07) is 0. The van der Waals surface area contributed by atoms with Gasteiger partial charge in [0.25, 0.3) is 5.91 Å². The molecule has 0 aliphatic rings. The predicted molar refractivity (Wildman–Crippen MR) is 81.2 cm³/mol. The first-order valence-electron chi connectivity index (χ1n) is 6.50. The molecule has 0 aliphatic carbocycles. The highest BCUT2D eigenvalue weighted by molar-refractivity contribution is 7.13. The summed E-state index contributed by atoms with van der Waals surface area (Å²) in [7, 11) is 0. The normalized spacial score (nSPS) is 10.5. The number of thiazole rings is 2. The van der Waals surface area contributed by atoms with E-state index in [-0.39, 0.29) is 11.6 Å². The van der Waals surface area contributed by atoms with Crippen molar-refractivity contribution in [3.63, 3.8) is 0 Å². The summed E-state index contributed by atoms with van der Waals surface area (Å²) in [5.41, 5.74) is 0.0491. The molecule has 0 saturated carbocycles. The van der Waals surface area contributed by atoms with Crippen molar-refractivity contribution in [2.75, 3.05) is 6.54 Å². The monoisotopic (exact) mass is 325 g/mol. The molecular weight excluding hydrogens is 310 g/mol. The number of hydrogen-bond acceptors (Lipinski definition) is 6. The van der Waals surface area contributed by atoms with Gasteiger partial charge in [-0.05, 0) is 12.8 Å². The molecule has 2 aromatic rings. The average molecular weight is 325 g/mol. The molecule has 0 bridgehead atoms. The SMILES string of the molecule is CCCc1ncc(C(=O)NCCc2nc(C(=O)O)cs2)s1. The van der Waals surface area contributed by atoms with Crippen molar-refractivity contribution in [2.45, 2.75) is 26.2 Å². The lowest BCUT2D eigenvalue weighted by Gasteiger charge is -2.00. The second-order valence-electron chi connectivity index (χ2n) is 4.31. The molecule has 2 heterocycles. The molecule has 2 N–H and O–H groups in total. The van der Waals surface area contributed by atoms with Crippen LogP contribution in [-0.4, -0.2) is 33.5 Å². The maximum absolute atomic E-state index is 11.9. The second kappa shape index (κ2) is 7.28. The molecule has 0 saturated heterocycles. The van der Waals surface area contributed by atoms with Gasteiger partial charge in [0.2, 0.25) is 0 Å². The van der Waals surface area contributed by atoms with Crippen molar-refractivity contribution in [2.24, 2.45) is 0 Å². The van der Waals surface area contributed by atoms with E-state index in [9.17, 15) is 9.59 Å². The number of carbonyl (C=O) groups is 2. The van der Waals surface area contributed by atoms with Crippen molar-refractivity contribution in [3.8, 4) is 0 Å². The van der Waals surface area contributed by atoms with Crippen molar-refractivity contribution >= 4 is 34.6 Å². The largest absolute Gasteiger partial charge is 0.476 e. The molecule has 21 heavy (non-hydrogen) atoms. The van der Waals surface area contributed by atoms with Gasteiger partial charge in [-0.2, -0.15) is 0 Å². The number of hydrogen-bond donors (Lipinski definition) is 2. The van der Waals surface area contributed by atoms with E-state index < -0.39 is 5.97 Å². The van der Waals surface area contributed by atoms with Gasteiger partial charge in [0.15, 0.2) is 5.69 Å². The molecule has 1 amide bonds. The van der Waals surface area contributed by atoms with Gasteiger partial charge >= 0.3 is 5.97 Å². The Labute approximate surface area is 129 Å². The topological polar surface area (TPSA) is 92.2 Å². The minimum atomic E-state index is -1.03.